The Balaban J connectivity index is 3.91. The van der Waals surface area contributed by atoms with Crippen LogP contribution in [0.2, 0.25) is 0 Å². The molecule has 0 rings (SSSR count). The summed E-state index contributed by atoms with van der Waals surface area (Å²) in [5.41, 5.74) is -0.677. The first kappa shape index (κ1) is 7.82. The molecule has 0 radical (unpaired) electrons. The van der Waals surface area contributed by atoms with Gasteiger partial charge in [0, 0.05) is 5.75 Å². The van der Waals surface area contributed by atoms with Crippen LogP contribution in [-0.2, 0) is 4.79 Å². The van der Waals surface area contributed by atoms with Crippen LogP contribution >= 0.6 is 12.6 Å². The predicted octanol–water partition coefficient (Wildman–Crippen LogP) is 1.03. The van der Waals surface area contributed by atoms with Crippen LogP contribution in [0.4, 0.5) is 0 Å². The number of thiol groups is 1. The van der Waals surface area contributed by atoms with Crippen molar-refractivity contribution in [2.24, 2.45) is 5.41 Å². The fraction of sp³-hybridized carbons (Fsp3) is 0.800. The molecule has 3 heteroatoms. The molecule has 0 heterocycles. The van der Waals surface area contributed by atoms with Gasteiger partial charge in [0.25, 0.3) is 0 Å². The molecule has 0 spiro atoms. The number of rotatable bonds is 2. The Morgan fingerprint density at radius 1 is 1.75 bits per heavy atom. The van der Waals surface area contributed by atoms with E-state index in [1.165, 1.54) is 0 Å². The third kappa shape index (κ3) is 1.74. The van der Waals surface area contributed by atoms with Gasteiger partial charge in [-0.1, -0.05) is 0 Å². The lowest BCUT2D eigenvalue weighted by molar-refractivity contribution is -0.145. The summed E-state index contributed by atoms with van der Waals surface area (Å²) >= 11 is 3.86. The molecule has 0 aromatic heterocycles. The van der Waals surface area contributed by atoms with Gasteiger partial charge in [-0.05, 0) is 13.8 Å². The highest BCUT2D eigenvalue weighted by molar-refractivity contribution is 7.80. The number of hydrogen-bond acceptors (Lipinski definition) is 2. The van der Waals surface area contributed by atoms with E-state index in [1.807, 2.05) is 0 Å². The summed E-state index contributed by atoms with van der Waals surface area (Å²) in [5.74, 6) is -0.421. The van der Waals surface area contributed by atoms with Crippen molar-refractivity contribution in [3.05, 3.63) is 0 Å². The average Bonchev–Trinajstić information content (AvgIpc) is 1.67. The van der Waals surface area contributed by atoms with Crippen LogP contribution in [0.3, 0.4) is 0 Å². The van der Waals surface area contributed by atoms with Gasteiger partial charge in [0.2, 0.25) is 0 Å². The van der Waals surface area contributed by atoms with Crippen molar-refractivity contribution in [1.29, 1.82) is 0 Å². The van der Waals surface area contributed by atoms with E-state index in [-0.39, 0.29) is 0 Å². The molecule has 0 bridgehead atoms. The van der Waals surface area contributed by atoms with E-state index in [0.29, 0.717) is 5.75 Å². The predicted molar refractivity (Wildman–Crippen MR) is 35.3 cm³/mol. The Kier molecular flexibility index (Phi) is 2.34. The monoisotopic (exact) mass is 134 g/mol. The molecule has 0 aromatic rings. The van der Waals surface area contributed by atoms with Gasteiger partial charge < -0.3 is 5.11 Å². The molecule has 0 saturated carbocycles. The van der Waals surface area contributed by atoms with Crippen molar-refractivity contribution in [3.8, 4) is 0 Å². The molecule has 0 fully saturated rings. The maximum Gasteiger partial charge on any atom is 0.309 e. The lowest BCUT2D eigenvalue weighted by atomic mass is 9.97. The number of hydrogen-bond donors (Lipinski definition) is 2. The Morgan fingerprint density at radius 3 is 2.12 bits per heavy atom. The Bertz CT molecular complexity index is 98.6. The van der Waals surface area contributed by atoms with Crippen LogP contribution in [0.1, 0.15) is 13.8 Å². The first-order chi connectivity index (χ1) is 3.50. The molecule has 0 aliphatic carbocycles. The van der Waals surface area contributed by atoms with Crippen LogP contribution in [0.15, 0.2) is 0 Å². The molecule has 0 amide bonds. The summed E-state index contributed by atoms with van der Waals surface area (Å²) < 4.78 is 0. The standard InChI is InChI=1S/C5H10O2S/c1-5(2,3-8)4(6)7/h8H,3H2,1-2H3,(H,6,7). The van der Waals surface area contributed by atoms with E-state index in [4.69, 9.17) is 5.11 Å². The Morgan fingerprint density at radius 2 is 2.12 bits per heavy atom. The van der Waals surface area contributed by atoms with E-state index in [9.17, 15) is 4.79 Å². The zero-order chi connectivity index (χ0) is 6.78. The summed E-state index contributed by atoms with van der Waals surface area (Å²) in [5, 5.41) is 8.39. The second-order valence-electron chi connectivity index (χ2n) is 2.35. The molecule has 0 aliphatic heterocycles. The molecule has 0 aromatic carbocycles. The summed E-state index contributed by atoms with van der Waals surface area (Å²) in [4.78, 5) is 10.2. The largest absolute Gasteiger partial charge is 0.481 e. The molecule has 2 nitrogen and oxygen atoms in total. The molecule has 1 N–H and O–H groups in total. The normalized spacial score (nSPS) is 11.4. The molecular formula is C5H10O2S. The maximum atomic E-state index is 10.2. The van der Waals surface area contributed by atoms with Crippen molar-refractivity contribution in [3.63, 3.8) is 0 Å². The van der Waals surface area contributed by atoms with Gasteiger partial charge >= 0.3 is 5.97 Å². The van der Waals surface area contributed by atoms with Gasteiger partial charge in [-0.3, -0.25) is 4.79 Å². The van der Waals surface area contributed by atoms with Crippen molar-refractivity contribution in [2.75, 3.05) is 5.75 Å². The molecular weight excluding hydrogens is 124 g/mol. The number of aliphatic carboxylic acids is 1. The van der Waals surface area contributed by atoms with Gasteiger partial charge in [0.05, 0.1) is 5.41 Å². The number of carboxylic acids is 1. The fourth-order valence-corrected chi connectivity index (χ4v) is 0.203. The second-order valence-corrected chi connectivity index (χ2v) is 2.66. The minimum absolute atomic E-state index is 0.377. The van der Waals surface area contributed by atoms with Crippen molar-refractivity contribution in [2.45, 2.75) is 13.8 Å². The molecule has 0 aliphatic rings. The van der Waals surface area contributed by atoms with Crippen molar-refractivity contribution >= 4 is 18.6 Å². The lowest BCUT2D eigenvalue weighted by Gasteiger charge is -2.13. The third-order valence-corrected chi connectivity index (χ3v) is 1.76. The third-order valence-electron chi connectivity index (χ3n) is 0.974. The van der Waals surface area contributed by atoms with E-state index in [1.54, 1.807) is 13.8 Å². The van der Waals surface area contributed by atoms with Crippen LogP contribution in [0, 0.1) is 5.41 Å². The molecule has 0 unspecified atom stereocenters. The lowest BCUT2D eigenvalue weighted by Crippen LogP contribution is -2.25. The minimum Gasteiger partial charge on any atom is -0.481 e. The summed E-state index contributed by atoms with van der Waals surface area (Å²) in [6.45, 7) is 3.28. The number of carboxylic acid groups (broad SMARTS) is 1. The zero-order valence-electron chi connectivity index (χ0n) is 5.01. The Labute approximate surface area is 54.3 Å². The van der Waals surface area contributed by atoms with Crippen LogP contribution < -0.4 is 0 Å². The van der Waals surface area contributed by atoms with Crippen LogP contribution in [0.5, 0.6) is 0 Å². The highest BCUT2D eigenvalue weighted by Crippen LogP contribution is 2.15. The van der Waals surface area contributed by atoms with Crippen LogP contribution in [-0.4, -0.2) is 16.8 Å². The smallest absolute Gasteiger partial charge is 0.309 e. The fourth-order valence-electron chi connectivity index (χ4n) is 0.0676. The van der Waals surface area contributed by atoms with E-state index in [2.05, 4.69) is 12.6 Å². The summed E-state index contributed by atoms with van der Waals surface area (Å²) in [6, 6.07) is 0. The van der Waals surface area contributed by atoms with Gasteiger partial charge in [0.1, 0.15) is 0 Å². The van der Waals surface area contributed by atoms with Crippen molar-refractivity contribution in [1.82, 2.24) is 0 Å². The van der Waals surface area contributed by atoms with E-state index < -0.39 is 11.4 Å². The SMILES string of the molecule is CC(C)(CS)C(=O)O. The highest BCUT2D eigenvalue weighted by Gasteiger charge is 2.24. The molecule has 8 heavy (non-hydrogen) atoms. The van der Waals surface area contributed by atoms with Crippen LogP contribution in [0.25, 0.3) is 0 Å². The quantitative estimate of drug-likeness (QED) is 0.553. The van der Waals surface area contributed by atoms with Gasteiger partial charge in [0.15, 0.2) is 0 Å². The second kappa shape index (κ2) is 2.40. The number of carbonyl (C=O) groups is 1. The first-order valence-electron chi connectivity index (χ1n) is 2.35. The van der Waals surface area contributed by atoms with Gasteiger partial charge in [-0.15, -0.1) is 0 Å². The van der Waals surface area contributed by atoms with Crippen molar-refractivity contribution < 1.29 is 9.90 Å². The molecule has 0 atom stereocenters. The summed E-state index contributed by atoms with van der Waals surface area (Å²) in [7, 11) is 0. The maximum absolute atomic E-state index is 10.2. The van der Waals surface area contributed by atoms with Gasteiger partial charge in [-0.2, -0.15) is 12.6 Å². The highest BCUT2D eigenvalue weighted by atomic mass is 32.1. The topological polar surface area (TPSA) is 37.3 Å². The minimum atomic E-state index is -0.799. The zero-order valence-corrected chi connectivity index (χ0v) is 5.90. The summed E-state index contributed by atoms with van der Waals surface area (Å²) in [6.07, 6.45) is 0. The average molecular weight is 134 g/mol. The van der Waals surface area contributed by atoms with Gasteiger partial charge in [-0.25, -0.2) is 0 Å². The van der Waals surface area contributed by atoms with E-state index >= 15 is 0 Å². The first-order valence-corrected chi connectivity index (χ1v) is 2.98. The molecule has 48 valence electrons. The van der Waals surface area contributed by atoms with E-state index in [0.717, 1.165) is 0 Å². The molecule has 0 saturated heterocycles. The Hall–Kier alpha value is -0.180.